The van der Waals surface area contributed by atoms with Crippen molar-refractivity contribution in [3.8, 4) is 0 Å². The predicted octanol–water partition coefficient (Wildman–Crippen LogP) is 4.85. The van der Waals surface area contributed by atoms with E-state index in [-0.39, 0.29) is 5.78 Å². The average molecular weight is 298 g/mol. The van der Waals surface area contributed by atoms with Gasteiger partial charge in [0.05, 0.1) is 0 Å². The van der Waals surface area contributed by atoms with Crippen LogP contribution in [0.4, 0.5) is 0 Å². The topological polar surface area (TPSA) is 22.0 Å². The maximum absolute atomic E-state index is 12.0. The molecule has 0 bridgehead atoms. The molecule has 0 saturated heterocycles. The van der Waals surface area contributed by atoms with Crippen LogP contribution in [-0.4, -0.2) is 10.4 Å². The zero-order valence-corrected chi connectivity index (χ0v) is 12.8. The summed E-state index contributed by atoms with van der Waals surface area (Å²) in [5, 5.41) is 1.59. The molecule has 3 aromatic rings. The van der Waals surface area contributed by atoms with Crippen LogP contribution in [0, 0.1) is 6.92 Å². The third-order valence-corrected chi connectivity index (χ3v) is 4.06. The molecule has 106 valence electrons. The Bertz CT molecular complexity index is 818. The Balaban J connectivity index is 2.23. The second-order valence-corrected chi connectivity index (χ2v) is 5.69. The lowest BCUT2D eigenvalue weighted by Crippen LogP contribution is -2.03. The second kappa shape index (κ2) is 5.38. The lowest BCUT2D eigenvalue weighted by atomic mass is 10.1. The van der Waals surface area contributed by atoms with Crippen LogP contribution in [0.5, 0.6) is 0 Å². The maximum Gasteiger partial charge on any atom is 0.162 e. The van der Waals surface area contributed by atoms with E-state index in [1.54, 1.807) is 6.92 Å². The number of hydrogen-bond donors (Lipinski definition) is 0. The second-order valence-electron chi connectivity index (χ2n) is 5.25. The third-order valence-electron chi connectivity index (χ3n) is 3.82. The molecule has 0 unspecified atom stereocenters. The predicted molar refractivity (Wildman–Crippen MR) is 87.2 cm³/mol. The minimum Gasteiger partial charge on any atom is -0.340 e. The van der Waals surface area contributed by atoms with Gasteiger partial charge in [0.1, 0.15) is 0 Å². The number of fused-ring (bicyclic) bond motifs is 1. The van der Waals surface area contributed by atoms with E-state index >= 15 is 0 Å². The summed E-state index contributed by atoms with van der Waals surface area (Å²) in [7, 11) is 0. The molecule has 3 heteroatoms. The summed E-state index contributed by atoms with van der Waals surface area (Å²) in [6.07, 6.45) is 0. The number of halogens is 1. The summed E-state index contributed by atoms with van der Waals surface area (Å²) in [5.41, 5.74) is 4.01. The fraction of sp³-hybridized carbons (Fsp3) is 0.167. The minimum absolute atomic E-state index is 0.0755. The Hall–Kier alpha value is -2.06. The molecule has 3 rings (SSSR count). The first-order valence-electron chi connectivity index (χ1n) is 6.91. The molecule has 1 aromatic heterocycles. The number of ketones is 1. The van der Waals surface area contributed by atoms with Crippen LogP contribution < -0.4 is 0 Å². The summed E-state index contributed by atoms with van der Waals surface area (Å²) >= 11 is 6.10. The van der Waals surface area contributed by atoms with Gasteiger partial charge in [-0.25, -0.2) is 0 Å². The fourth-order valence-electron chi connectivity index (χ4n) is 2.87. The molecule has 0 aliphatic carbocycles. The molecule has 0 atom stereocenters. The van der Waals surface area contributed by atoms with Crippen molar-refractivity contribution in [3.63, 3.8) is 0 Å². The number of hydrogen-bond acceptors (Lipinski definition) is 1. The van der Waals surface area contributed by atoms with Crippen LogP contribution in [0.25, 0.3) is 10.9 Å². The van der Waals surface area contributed by atoms with E-state index in [1.165, 1.54) is 5.56 Å². The smallest absolute Gasteiger partial charge is 0.162 e. The highest BCUT2D eigenvalue weighted by Crippen LogP contribution is 2.29. The lowest BCUT2D eigenvalue weighted by Gasteiger charge is -2.08. The summed E-state index contributed by atoms with van der Waals surface area (Å²) in [4.78, 5) is 12.0. The van der Waals surface area contributed by atoms with Gasteiger partial charge < -0.3 is 4.57 Å². The lowest BCUT2D eigenvalue weighted by molar-refractivity contribution is 0.101. The number of carbonyl (C=O) groups is 1. The first-order chi connectivity index (χ1) is 10.1. The first-order valence-corrected chi connectivity index (χ1v) is 7.29. The molecule has 2 nitrogen and oxygen atoms in total. The maximum atomic E-state index is 12.0. The molecule has 0 radical (unpaired) electrons. The standard InChI is InChI=1S/C18H16ClNO/c1-12-18(13(2)21)16-10-15(19)8-9-17(16)20(12)11-14-6-4-3-5-7-14/h3-10H,11H2,1-2H3. The van der Waals surface area contributed by atoms with Gasteiger partial charge >= 0.3 is 0 Å². The molecule has 21 heavy (non-hydrogen) atoms. The summed E-state index contributed by atoms with van der Waals surface area (Å²) in [6, 6.07) is 16.0. The van der Waals surface area contributed by atoms with Crippen molar-refractivity contribution < 1.29 is 4.79 Å². The van der Waals surface area contributed by atoms with E-state index in [0.29, 0.717) is 5.02 Å². The van der Waals surface area contributed by atoms with Crippen LogP contribution >= 0.6 is 11.6 Å². The highest BCUT2D eigenvalue weighted by Gasteiger charge is 2.17. The molecule has 1 heterocycles. The molecule has 0 N–H and O–H groups in total. The van der Waals surface area contributed by atoms with Crippen molar-refractivity contribution in [3.05, 3.63) is 70.4 Å². The van der Waals surface area contributed by atoms with Gasteiger partial charge in [-0.2, -0.15) is 0 Å². The normalized spacial score (nSPS) is 11.0. The molecule has 0 amide bonds. The van der Waals surface area contributed by atoms with E-state index in [9.17, 15) is 4.79 Å². The minimum atomic E-state index is 0.0755. The van der Waals surface area contributed by atoms with E-state index in [2.05, 4.69) is 16.7 Å². The zero-order chi connectivity index (χ0) is 15.0. The largest absolute Gasteiger partial charge is 0.340 e. The van der Waals surface area contributed by atoms with Crippen LogP contribution in [0.15, 0.2) is 48.5 Å². The van der Waals surface area contributed by atoms with Gasteiger partial charge in [-0.1, -0.05) is 41.9 Å². The van der Waals surface area contributed by atoms with Gasteiger partial charge in [0.2, 0.25) is 0 Å². The zero-order valence-electron chi connectivity index (χ0n) is 12.1. The van der Waals surface area contributed by atoms with Crippen LogP contribution in [-0.2, 0) is 6.54 Å². The van der Waals surface area contributed by atoms with E-state index < -0.39 is 0 Å². The van der Waals surface area contributed by atoms with Crippen LogP contribution in [0.3, 0.4) is 0 Å². The first kappa shape index (κ1) is 13.9. The molecule has 0 spiro atoms. The van der Waals surface area contributed by atoms with Gasteiger partial charge in [-0.15, -0.1) is 0 Å². The van der Waals surface area contributed by atoms with Crippen LogP contribution in [0.2, 0.25) is 5.02 Å². The van der Waals surface area contributed by atoms with E-state index in [0.717, 1.165) is 28.7 Å². The Labute approximate surface area is 129 Å². The Morgan fingerprint density at radius 3 is 2.52 bits per heavy atom. The van der Waals surface area contributed by atoms with Crippen LogP contribution in [0.1, 0.15) is 28.5 Å². The molecule has 0 aliphatic heterocycles. The third kappa shape index (κ3) is 2.47. The number of Topliss-reactive ketones (excluding diaryl/α,β-unsaturated/α-hetero) is 1. The highest BCUT2D eigenvalue weighted by molar-refractivity contribution is 6.31. The SMILES string of the molecule is CC(=O)c1c(C)n(Cc2ccccc2)c2ccc(Cl)cc12. The molecule has 0 saturated carbocycles. The Kier molecular flexibility index (Phi) is 3.56. The van der Waals surface area contributed by atoms with Gasteiger partial charge in [0, 0.05) is 33.7 Å². The molecular weight excluding hydrogens is 282 g/mol. The number of benzene rings is 2. The quantitative estimate of drug-likeness (QED) is 0.633. The number of carbonyl (C=O) groups excluding carboxylic acids is 1. The van der Waals surface area contributed by atoms with Gasteiger partial charge in [-0.05, 0) is 37.6 Å². The van der Waals surface area contributed by atoms with Crippen molar-refractivity contribution in [1.29, 1.82) is 0 Å². The average Bonchev–Trinajstić information content (AvgIpc) is 2.72. The van der Waals surface area contributed by atoms with Crippen molar-refractivity contribution >= 4 is 28.3 Å². The summed E-state index contributed by atoms with van der Waals surface area (Å²) in [6.45, 7) is 4.35. The van der Waals surface area contributed by atoms with Crippen molar-refractivity contribution in [1.82, 2.24) is 4.57 Å². The van der Waals surface area contributed by atoms with Gasteiger partial charge in [0.25, 0.3) is 0 Å². The monoisotopic (exact) mass is 297 g/mol. The number of nitrogens with zero attached hydrogens (tertiary/aromatic N) is 1. The number of aromatic nitrogens is 1. The summed E-state index contributed by atoms with van der Waals surface area (Å²) in [5.74, 6) is 0.0755. The van der Waals surface area contributed by atoms with Crippen molar-refractivity contribution in [2.24, 2.45) is 0 Å². The number of rotatable bonds is 3. The molecule has 0 fully saturated rings. The van der Waals surface area contributed by atoms with Crippen molar-refractivity contribution in [2.75, 3.05) is 0 Å². The molecular formula is C18H16ClNO. The molecule has 2 aromatic carbocycles. The highest BCUT2D eigenvalue weighted by atomic mass is 35.5. The van der Waals surface area contributed by atoms with E-state index in [4.69, 9.17) is 11.6 Å². The van der Waals surface area contributed by atoms with Crippen molar-refractivity contribution in [2.45, 2.75) is 20.4 Å². The van der Waals surface area contributed by atoms with Gasteiger partial charge in [-0.3, -0.25) is 4.79 Å². The Morgan fingerprint density at radius 2 is 1.86 bits per heavy atom. The Morgan fingerprint density at radius 1 is 1.14 bits per heavy atom. The van der Waals surface area contributed by atoms with Gasteiger partial charge in [0.15, 0.2) is 5.78 Å². The van der Waals surface area contributed by atoms with E-state index in [1.807, 2.05) is 43.3 Å². The summed E-state index contributed by atoms with van der Waals surface area (Å²) < 4.78 is 2.18. The fourth-order valence-corrected chi connectivity index (χ4v) is 3.04. The molecule has 0 aliphatic rings.